The van der Waals surface area contributed by atoms with Crippen molar-refractivity contribution in [2.45, 2.75) is 0 Å². The topological polar surface area (TPSA) is 83.6 Å². The summed E-state index contributed by atoms with van der Waals surface area (Å²) in [5.41, 5.74) is 4.51. The fourth-order valence-electron chi connectivity index (χ4n) is 2.93. The third kappa shape index (κ3) is 2.94. The van der Waals surface area contributed by atoms with Gasteiger partial charge in [0.2, 0.25) is 0 Å². The molecule has 130 valence electrons. The van der Waals surface area contributed by atoms with Crippen LogP contribution in [0.15, 0.2) is 66.3 Å². The van der Waals surface area contributed by atoms with Gasteiger partial charge in [0.1, 0.15) is 10.7 Å². The molecule has 1 amide bonds. The second kappa shape index (κ2) is 6.30. The van der Waals surface area contributed by atoms with Crippen LogP contribution in [0.25, 0.3) is 32.6 Å². The van der Waals surface area contributed by atoms with E-state index >= 15 is 0 Å². The van der Waals surface area contributed by atoms with Crippen LogP contribution in [0.2, 0.25) is 0 Å². The maximum atomic E-state index is 12.6. The number of nitrogens with one attached hydrogen (secondary N) is 2. The number of anilines is 1. The van der Waals surface area contributed by atoms with Crippen LogP contribution in [0.4, 0.5) is 5.69 Å². The molecule has 0 saturated heterocycles. The molecular weight excluding hydrogens is 358 g/mol. The molecule has 0 atom stereocenters. The van der Waals surface area contributed by atoms with Gasteiger partial charge in [0, 0.05) is 34.4 Å². The number of aromatic nitrogens is 4. The Bertz CT molecular complexity index is 1260. The molecule has 0 unspecified atom stereocenters. The summed E-state index contributed by atoms with van der Waals surface area (Å²) in [6.45, 7) is 0. The number of aromatic amines is 1. The Morgan fingerprint density at radius 3 is 2.74 bits per heavy atom. The highest BCUT2D eigenvalue weighted by Gasteiger charge is 2.14. The molecule has 6 nitrogen and oxygen atoms in total. The summed E-state index contributed by atoms with van der Waals surface area (Å²) in [5.74, 6) is -0.253. The summed E-state index contributed by atoms with van der Waals surface area (Å²) < 4.78 is 0. The van der Waals surface area contributed by atoms with Crippen molar-refractivity contribution in [1.82, 2.24) is 19.9 Å². The summed E-state index contributed by atoms with van der Waals surface area (Å²) in [6, 6.07) is 15.5. The molecule has 27 heavy (non-hydrogen) atoms. The van der Waals surface area contributed by atoms with E-state index in [2.05, 4.69) is 25.3 Å². The molecule has 0 bridgehead atoms. The number of H-pyrrole nitrogens is 1. The van der Waals surface area contributed by atoms with E-state index < -0.39 is 0 Å². The average Bonchev–Trinajstić information content (AvgIpc) is 3.35. The molecule has 2 N–H and O–H groups in total. The van der Waals surface area contributed by atoms with Crippen LogP contribution >= 0.6 is 11.3 Å². The lowest BCUT2D eigenvalue weighted by molar-refractivity contribution is 0.102. The SMILES string of the molecule is O=C(Nc1ccc2nccnc2c1)c1csc(-c2cc3ccccc3[nH]2)n1. The maximum absolute atomic E-state index is 12.6. The fourth-order valence-corrected chi connectivity index (χ4v) is 3.70. The van der Waals surface area contributed by atoms with E-state index in [1.165, 1.54) is 11.3 Å². The first-order valence-corrected chi connectivity index (χ1v) is 9.20. The molecule has 0 aliphatic carbocycles. The Morgan fingerprint density at radius 2 is 1.85 bits per heavy atom. The highest BCUT2D eigenvalue weighted by atomic mass is 32.1. The third-order valence-electron chi connectivity index (χ3n) is 4.22. The standard InChI is InChI=1S/C20H13N5OS/c26-19(23-13-5-6-15-16(10-13)22-8-7-21-15)18-11-27-20(25-18)17-9-12-3-1-2-4-14(12)24-17/h1-11,24H,(H,23,26). The Hall–Kier alpha value is -3.58. The number of nitrogens with zero attached hydrogens (tertiary/aromatic N) is 3. The maximum Gasteiger partial charge on any atom is 0.275 e. The second-order valence-corrected chi connectivity index (χ2v) is 6.88. The summed E-state index contributed by atoms with van der Waals surface area (Å²) in [7, 11) is 0. The molecule has 0 aliphatic rings. The van der Waals surface area contributed by atoms with E-state index in [0.29, 0.717) is 11.4 Å². The first-order valence-electron chi connectivity index (χ1n) is 8.32. The van der Waals surface area contributed by atoms with Crippen molar-refractivity contribution >= 4 is 44.9 Å². The number of benzene rings is 2. The van der Waals surface area contributed by atoms with Gasteiger partial charge in [-0.3, -0.25) is 14.8 Å². The van der Waals surface area contributed by atoms with E-state index in [4.69, 9.17) is 0 Å². The summed E-state index contributed by atoms with van der Waals surface area (Å²) in [5, 5.41) is 6.53. The molecule has 5 rings (SSSR count). The van der Waals surface area contributed by atoms with E-state index in [1.807, 2.05) is 36.4 Å². The molecule has 2 aromatic carbocycles. The number of hydrogen-bond acceptors (Lipinski definition) is 5. The van der Waals surface area contributed by atoms with Crippen molar-refractivity contribution in [2.75, 3.05) is 5.32 Å². The van der Waals surface area contributed by atoms with Gasteiger partial charge in [0.25, 0.3) is 5.91 Å². The zero-order valence-electron chi connectivity index (χ0n) is 14.0. The third-order valence-corrected chi connectivity index (χ3v) is 5.10. The smallest absolute Gasteiger partial charge is 0.275 e. The Balaban J connectivity index is 1.40. The summed E-state index contributed by atoms with van der Waals surface area (Å²) in [4.78, 5) is 28.9. The largest absolute Gasteiger partial charge is 0.353 e. The summed E-state index contributed by atoms with van der Waals surface area (Å²) >= 11 is 1.43. The number of carbonyl (C=O) groups excluding carboxylic acids is 1. The number of fused-ring (bicyclic) bond motifs is 2. The fraction of sp³-hybridized carbons (Fsp3) is 0. The van der Waals surface area contributed by atoms with Gasteiger partial charge in [-0.1, -0.05) is 18.2 Å². The van der Waals surface area contributed by atoms with Crippen LogP contribution in [-0.4, -0.2) is 25.8 Å². The number of rotatable bonds is 3. The van der Waals surface area contributed by atoms with E-state index in [-0.39, 0.29) is 5.91 Å². The second-order valence-electron chi connectivity index (χ2n) is 6.02. The predicted octanol–water partition coefficient (Wildman–Crippen LogP) is 4.49. The Kier molecular flexibility index (Phi) is 3.65. The molecule has 0 aliphatic heterocycles. The molecule has 5 aromatic rings. The van der Waals surface area contributed by atoms with Crippen LogP contribution in [-0.2, 0) is 0 Å². The Labute approximate surface area is 157 Å². The highest BCUT2D eigenvalue weighted by Crippen LogP contribution is 2.27. The van der Waals surface area contributed by atoms with Crippen molar-refractivity contribution in [3.63, 3.8) is 0 Å². The molecule has 0 radical (unpaired) electrons. The molecule has 3 aromatic heterocycles. The highest BCUT2D eigenvalue weighted by molar-refractivity contribution is 7.13. The van der Waals surface area contributed by atoms with Gasteiger partial charge in [0.05, 0.1) is 16.7 Å². The van der Waals surface area contributed by atoms with Crippen molar-refractivity contribution in [2.24, 2.45) is 0 Å². The first kappa shape index (κ1) is 15.7. The van der Waals surface area contributed by atoms with E-state index in [1.54, 1.807) is 29.9 Å². The van der Waals surface area contributed by atoms with Crippen LogP contribution in [0.1, 0.15) is 10.5 Å². The zero-order valence-corrected chi connectivity index (χ0v) is 14.8. The van der Waals surface area contributed by atoms with Crippen LogP contribution in [0, 0.1) is 0 Å². The zero-order chi connectivity index (χ0) is 18.2. The van der Waals surface area contributed by atoms with Crippen molar-refractivity contribution in [3.05, 3.63) is 72.0 Å². The van der Waals surface area contributed by atoms with E-state index in [0.717, 1.165) is 32.6 Å². The van der Waals surface area contributed by atoms with Gasteiger partial charge in [-0.25, -0.2) is 4.98 Å². The van der Waals surface area contributed by atoms with Gasteiger partial charge in [-0.2, -0.15) is 0 Å². The van der Waals surface area contributed by atoms with Crippen molar-refractivity contribution in [1.29, 1.82) is 0 Å². The predicted molar refractivity (Wildman–Crippen MR) is 107 cm³/mol. The molecule has 3 heterocycles. The normalized spacial score (nSPS) is 11.1. The van der Waals surface area contributed by atoms with Gasteiger partial charge in [0.15, 0.2) is 0 Å². The van der Waals surface area contributed by atoms with Crippen LogP contribution < -0.4 is 5.32 Å². The number of carbonyl (C=O) groups is 1. The Morgan fingerprint density at radius 1 is 1.00 bits per heavy atom. The lowest BCUT2D eigenvalue weighted by Gasteiger charge is -2.04. The van der Waals surface area contributed by atoms with Gasteiger partial charge in [-0.15, -0.1) is 11.3 Å². The monoisotopic (exact) mass is 371 g/mol. The van der Waals surface area contributed by atoms with Crippen LogP contribution in [0.3, 0.4) is 0 Å². The lowest BCUT2D eigenvalue weighted by atomic mass is 10.2. The number of hydrogen-bond donors (Lipinski definition) is 2. The minimum absolute atomic E-state index is 0.253. The van der Waals surface area contributed by atoms with Gasteiger partial charge < -0.3 is 10.3 Å². The molecule has 0 fully saturated rings. The summed E-state index contributed by atoms with van der Waals surface area (Å²) in [6.07, 6.45) is 3.27. The van der Waals surface area contributed by atoms with Crippen LogP contribution in [0.5, 0.6) is 0 Å². The van der Waals surface area contributed by atoms with E-state index in [9.17, 15) is 4.79 Å². The minimum atomic E-state index is -0.253. The molecule has 0 spiro atoms. The average molecular weight is 371 g/mol. The van der Waals surface area contributed by atoms with Crippen molar-refractivity contribution < 1.29 is 4.79 Å². The minimum Gasteiger partial charge on any atom is -0.353 e. The van der Waals surface area contributed by atoms with Gasteiger partial charge >= 0.3 is 0 Å². The quantitative estimate of drug-likeness (QED) is 0.489. The van der Waals surface area contributed by atoms with Crippen molar-refractivity contribution in [3.8, 4) is 10.7 Å². The molecular formula is C20H13N5OS. The first-order chi connectivity index (χ1) is 13.3. The number of amides is 1. The number of thiazole rings is 1. The lowest BCUT2D eigenvalue weighted by Crippen LogP contribution is -2.12. The number of para-hydroxylation sites is 1. The molecule has 7 heteroatoms. The van der Waals surface area contributed by atoms with Gasteiger partial charge in [-0.05, 0) is 30.3 Å². The molecule has 0 saturated carbocycles.